The molecule has 0 aliphatic rings. The molecule has 2 aromatic rings. The highest BCUT2D eigenvalue weighted by Crippen LogP contribution is 2.15. The van der Waals surface area contributed by atoms with Gasteiger partial charge in [0, 0.05) is 37.0 Å². The number of anilines is 1. The van der Waals surface area contributed by atoms with E-state index in [1.807, 2.05) is 49.3 Å². The van der Waals surface area contributed by atoms with E-state index in [0.29, 0.717) is 17.7 Å². The molecule has 2 rings (SSSR count). The van der Waals surface area contributed by atoms with Crippen molar-refractivity contribution in [3.8, 4) is 0 Å². The smallest absolute Gasteiger partial charge is 0.258 e. The van der Waals surface area contributed by atoms with Gasteiger partial charge in [0.1, 0.15) is 0 Å². The van der Waals surface area contributed by atoms with Gasteiger partial charge in [-0.15, -0.1) is 0 Å². The second-order valence-corrected chi connectivity index (χ2v) is 5.84. The molecule has 5 nitrogen and oxygen atoms in total. The van der Waals surface area contributed by atoms with Gasteiger partial charge in [-0.25, -0.2) is 0 Å². The summed E-state index contributed by atoms with van der Waals surface area (Å²) in [5.41, 5.74) is 1.78. The third-order valence-corrected chi connectivity index (χ3v) is 3.66. The molecule has 0 aliphatic heterocycles. The number of hydrogen-bond donors (Lipinski definition) is 1. The second kappa shape index (κ2) is 8.26. The Kier molecular flexibility index (Phi) is 6.09. The van der Waals surface area contributed by atoms with Gasteiger partial charge in [0.2, 0.25) is 0 Å². The number of nitrogens with one attached hydrogen (secondary N) is 1. The third kappa shape index (κ3) is 4.67. The van der Waals surface area contributed by atoms with Crippen molar-refractivity contribution in [3.63, 3.8) is 0 Å². The number of benzene rings is 2. The van der Waals surface area contributed by atoms with Gasteiger partial charge in [-0.2, -0.15) is 0 Å². The molecule has 0 fully saturated rings. The SMILES string of the molecule is CN(C)CCNC(=O)c1cccc(C(=O)N(C)c2ccccc2)c1. The second-order valence-electron chi connectivity index (χ2n) is 5.84. The lowest BCUT2D eigenvalue weighted by molar-refractivity contribution is 0.0951. The monoisotopic (exact) mass is 325 g/mol. The van der Waals surface area contributed by atoms with Gasteiger partial charge in [0.05, 0.1) is 0 Å². The maximum atomic E-state index is 12.6. The molecule has 2 amide bonds. The van der Waals surface area contributed by atoms with Gasteiger partial charge in [-0.05, 0) is 44.4 Å². The first-order valence-corrected chi connectivity index (χ1v) is 7.85. The van der Waals surface area contributed by atoms with E-state index in [1.54, 1.807) is 36.2 Å². The largest absolute Gasteiger partial charge is 0.351 e. The molecular formula is C19H23N3O2. The lowest BCUT2D eigenvalue weighted by Gasteiger charge is -2.17. The maximum Gasteiger partial charge on any atom is 0.258 e. The first kappa shape index (κ1) is 17.7. The first-order valence-electron chi connectivity index (χ1n) is 7.85. The molecule has 0 radical (unpaired) electrons. The van der Waals surface area contributed by atoms with Crippen LogP contribution in [0.2, 0.25) is 0 Å². The normalized spacial score (nSPS) is 10.5. The van der Waals surface area contributed by atoms with E-state index in [-0.39, 0.29) is 11.8 Å². The zero-order chi connectivity index (χ0) is 17.5. The molecule has 0 aromatic heterocycles. The van der Waals surface area contributed by atoms with Crippen LogP contribution in [-0.2, 0) is 0 Å². The van der Waals surface area contributed by atoms with E-state index in [4.69, 9.17) is 0 Å². The number of likely N-dealkylation sites (N-methyl/N-ethyl adjacent to an activating group) is 1. The van der Waals surface area contributed by atoms with Gasteiger partial charge in [0.25, 0.3) is 11.8 Å². The molecule has 2 aromatic carbocycles. The Morgan fingerprint density at radius 1 is 0.917 bits per heavy atom. The summed E-state index contributed by atoms with van der Waals surface area (Å²) < 4.78 is 0. The first-order chi connectivity index (χ1) is 11.5. The Balaban J connectivity index is 2.09. The summed E-state index contributed by atoms with van der Waals surface area (Å²) >= 11 is 0. The fourth-order valence-corrected chi connectivity index (χ4v) is 2.25. The predicted molar refractivity (Wildman–Crippen MR) is 96.5 cm³/mol. The van der Waals surface area contributed by atoms with E-state index in [0.717, 1.165) is 12.2 Å². The number of rotatable bonds is 6. The van der Waals surface area contributed by atoms with E-state index >= 15 is 0 Å². The van der Waals surface area contributed by atoms with Gasteiger partial charge in [0.15, 0.2) is 0 Å². The van der Waals surface area contributed by atoms with Crippen LogP contribution in [0, 0.1) is 0 Å². The van der Waals surface area contributed by atoms with Gasteiger partial charge in [-0.3, -0.25) is 9.59 Å². The molecule has 0 bridgehead atoms. The van der Waals surface area contributed by atoms with Crippen molar-refractivity contribution in [2.24, 2.45) is 0 Å². The summed E-state index contributed by atoms with van der Waals surface area (Å²) in [4.78, 5) is 28.4. The van der Waals surface area contributed by atoms with Crippen molar-refractivity contribution in [2.75, 3.05) is 39.1 Å². The minimum atomic E-state index is -0.172. The minimum absolute atomic E-state index is 0.149. The molecule has 24 heavy (non-hydrogen) atoms. The van der Waals surface area contributed by atoms with E-state index in [1.165, 1.54) is 0 Å². The average Bonchev–Trinajstić information content (AvgIpc) is 2.61. The van der Waals surface area contributed by atoms with Crippen molar-refractivity contribution >= 4 is 17.5 Å². The van der Waals surface area contributed by atoms with Crippen LogP contribution in [0.4, 0.5) is 5.69 Å². The molecule has 0 saturated heterocycles. The Morgan fingerprint density at radius 3 is 2.25 bits per heavy atom. The number of amides is 2. The summed E-state index contributed by atoms with van der Waals surface area (Å²) in [6.07, 6.45) is 0. The molecule has 126 valence electrons. The summed E-state index contributed by atoms with van der Waals surface area (Å²) in [6, 6.07) is 16.2. The van der Waals surface area contributed by atoms with Crippen LogP contribution in [0.1, 0.15) is 20.7 Å². The van der Waals surface area contributed by atoms with Crippen LogP contribution >= 0.6 is 0 Å². The molecule has 5 heteroatoms. The lowest BCUT2D eigenvalue weighted by Crippen LogP contribution is -2.31. The van der Waals surface area contributed by atoms with E-state index in [9.17, 15) is 9.59 Å². The van der Waals surface area contributed by atoms with Crippen molar-refractivity contribution in [2.45, 2.75) is 0 Å². The van der Waals surface area contributed by atoms with Crippen LogP contribution < -0.4 is 10.2 Å². The van der Waals surface area contributed by atoms with Gasteiger partial charge >= 0.3 is 0 Å². The Morgan fingerprint density at radius 2 is 1.58 bits per heavy atom. The Hall–Kier alpha value is -2.66. The van der Waals surface area contributed by atoms with E-state index in [2.05, 4.69) is 5.32 Å². The minimum Gasteiger partial charge on any atom is -0.351 e. The standard InChI is InChI=1S/C19H23N3O2/c1-21(2)13-12-20-18(23)15-8-7-9-16(14-15)19(24)22(3)17-10-5-4-6-11-17/h4-11,14H,12-13H2,1-3H3,(H,20,23). The summed E-state index contributed by atoms with van der Waals surface area (Å²) in [5, 5.41) is 2.85. The van der Waals surface area contributed by atoms with Crippen LogP contribution in [0.5, 0.6) is 0 Å². The van der Waals surface area contributed by atoms with Crippen molar-refractivity contribution in [1.82, 2.24) is 10.2 Å². The number of para-hydroxylation sites is 1. The van der Waals surface area contributed by atoms with Crippen molar-refractivity contribution in [1.29, 1.82) is 0 Å². The highest BCUT2D eigenvalue weighted by Gasteiger charge is 2.15. The number of carbonyl (C=O) groups excluding carboxylic acids is 2. The van der Waals surface area contributed by atoms with E-state index < -0.39 is 0 Å². The molecule has 1 N–H and O–H groups in total. The molecule has 0 heterocycles. The number of hydrogen-bond acceptors (Lipinski definition) is 3. The Bertz CT molecular complexity index is 699. The summed E-state index contributed by atoms with van der Waals surface area (Å²) in [7, 11) is 5.62. The topological polar surface area (TPSA) is 52.7 Å². The van der Waals surface area contributed by atoms with Crippen LogP contribution in [0.25, 0.3) is 0 Å². The zero-order valence-electron chi connectivity index (χ0n) is 14.3. The molecular weight excluding hydrogens is 302 g/mol. The number of nitrogens with zero attached hydrogens (tertiary/aromatic N) is 2. The van der Waals surface area contributed by atoms with Crippen molar-refractivity contribution < 1.29 is 9.59 Å². The highest BCUT2D eigenvalue weighted by molar-refractivity contribution is 6.07. The molecule has 0 aliphatic carbocycles. The molecule has 0 unspecified atom stereocenters. The quantitative estimate of drug-likeness (QED) is 0.886. The average molecular weight is 325 g/mol. The number of carbonyl (C=O) groups is 2. The predicted octanol–water partition coefficient (Wildman–Crippen LogP) is 2.25. The van der Waals surface area contributed by atoms with Crippen LogP contribution in [0.3, 0.4) is 0 Å². The maximum absolute atomic E-state index is 12.6. The van der Waals surface area contributed by atoms with Gasteiger partial charge < -0.3 is 15.1 Å². The van der Waals surface area contributed by atoms with Crippen LogP contribution in [-0.4, -0.2) is 50.9 Å². The molecule has 0 atom stereocenters. The van der Waals surface area contributed by atoms with Gasteiger partial charge in [-0.1, -0.05) is 24.3 Å². The fourth-order valence-electron chi connectivity index (χ4n) is 2.25. The lowest BCUT2D eigenvalue weighted by atomic mass is 10.1. The van der Waals surface area contributed by atoms with Crippen LogP contribution in [0.15, 0.2) is 54.6 Å². The fraction of sp³-hybridized carbons (Fsp3) is 0.263. The third-order valence-electron chi connectivity index (χ3n) is 3.66. The Labute approximate surface area is 142 Å². The molecule has 0 spiro atoms. The summed E-state index contributed by atoms with van der Waals surface area (Å²) in [5.74, 6) is -0.321. The zero-order valence-corrected chi connectivity index (χ0v) is 14.3. The molecule has 0 saturated carbocycles. The summed E-state index contributed by atoms with van der Waals surface area (Å²) in [6.45, 7) is 1.33. The highest BCUT2D eigenvalue weighted by atomic mass is 16.2. The van der Waals surface area contributed by atoms with Crippen molar-refractivity contribution in [3.05, 3.63) is 65.7 Å².